The van der Waals surface area contributed by atoms with Crippen LogP contribution in [-0.2, 0) is 6.54 Å². The van der Waals surface area contributed by atoms with Crippen LogP contribution >= 0.6 is 11.3 Å². The minimum Gasteiger partial charge on any atom is -0.443 e. The highest BCUT2D eigenvalue weighted by Gasteiger charge is 2.30. The average Bonchev–Trinajstić information content (AvgIpc) is 3.19. The molecule has 0 unspecified atom stereocenters. The van der Waals surface area contributed by atoms with E-state index in [0.717, 1.165) is 29.6 Å². The van der Waals surface area contributed by atoms with E-state index in [-0.39, 0.29) is 0 Å². The zero-order valence-corrected chi connectivity index (χ0v) is 14.1. The second-order valence-electron chi connectivity index (χ2n) is 6.36. The maximum Gasteiger partial charge on any atom is 0.236 e. The second kappa shape index (κ2) is 6.12. The Morgan fingerprint density at radius 3 is 3.05 bits per heavy atom. The number of aliphatic imine (C=N–C) groups is 1. The van der Waals surface area contributed by atoms with Crippen LogP contribution in [0, 0.1) is 5.41 Å². The summed E-state index contributed by atoms with van der Waals surface area (Å²) in [5.74, 6) is 1.62. The second-order valence-corrected chi connectivity index (χ2v) is 7.31. The zero-order valence-electron chi connectivity index (χ0n) is 13.3. The van der Waals surface area contributed by atoms with Crippen LogP contribution in [0.2, 0.25) is 0 Å². The lowest BCUT2D eigenvalue weighted by Gasteiger charge is -2.23. The number of likely N-dealkylation sites (tertiary alicyclic amines) is 1. The lowest BCUT2D eigenvalue weighted by molar-refractivity contribution is 0.370. The number of nitrogens with one attached hydrogen (secondary N) is 1. The Balaban J connectivity index is 1.60. The van der Waals surface area contributed by atoms with Crippen molar-refractivity contribution in [3.8, 4) is 10.8 Å². The topological polar surface area (TPSA) is 53.7 Å². The smallest absolute Gasteiger partial charge is 0.236 e. The van der Waals surface area contributed by atoms with Crippen LogP contribution < -0.4 is 5.32 Å². The molecule has 0 aromatic carbocycles. The Morgan fingerprint density at radius 1 is 1.55 bits per heavy atom. The molecule has 3 heterocycles. The molecule has 118 valence electrons. The van der Waals surface area contributed by atoms with Gasteiger partial charge in [-0.05, 0) is 23.3 Å². The molecule has 0 amide bonds. The first-order valence-electron chi connectivity index (χ1n) is 7.51. The van der Waals surface area contributed by atoms with Crippen molar-refractivity contribution in [1.82, 2.24) is 15.2 Å². The summed E-state index contributed by atoms with van der Waals surface area (Å²) in [6.45, 7) is 7.30. The summed E-state index contributed by atoms with van der Waals surface area (Å²) >= 11 is 1.63. The summed E-state index contributed by atoms with van der Waals surface area (Å²) in [4.78, 5) is 12.3. The molecule has 1 aliphatic heterocycles. The van der Waals surface area contributed by atoms with Crippen molar-refractivity contribution in [2.24, 2.45) is 10.4 Å². The van der Waals surface area contributed by atoms with Crippen LogP contribution in [-0.4, -0.2) is 36.0 Å². The van der Waals surface area contributed by atoms with Gasteiger partial charge >= 0.3 is 0 Å². The molecule has 0 aliphatic carbocycles. The van der Waals surface area contributed by atoms with E-state index < -0.39 is 0 Å². The molecule has 1 N–H and O–H groups in total. The number of rotatable bonds is 3. The molecule has 5 nitrogen and oxygen atoms in total. The highest BCUT2D eigenvalue weighted by Crippen LogP contribution is 2.28. The molecule has 3 rings (SSSR count). The predicted molar refractivity (Wildman–Crippen MR) is 90.0 cm³/mol. The van der Waals surface area contributed by atoms with Gasteiger partial charge in [-0.15, -0.1) is 11.3 Å². The van der Waals surface area contributed by atoms with E-state index in [1.165, 1.54) is 6.42 Å². The predicted octanol–water partition coefficient (Wildman–Crippen LogP) is 3.21. The summed E-state index contributed by atoms with van der Waals surface area (Å²) in [5.41, 5.74) is 1.25. The van der Waals surface area contributed by atoms with Gasteiger partial charge in [0.25, 0.3) is 0 Å². The van der Waals surface area contributed by atoms with E-state index in [4.69, 9.17) is 4.42 Å². The number of hydrogen-bond acceptors (Lipinski definition) is 4. The summed E-state index contributed by atoms with van der Waals surface area (Å²) < 4.78 is 5.54. The summed E-state index contributed by atoms with van der Waals surface area (Å²) in [6.07, 6.45) is 2.91. The fraction of sp³-hybridized carbons (Fsp3) is 0.500. The van der Waals surface area contributed by atoms with Crippen LogP contribution in [0.3, 0.4) is 0 Å². The van der Waals surface area contributed by atoms with E-state index in [1.54, 1.807) is 17.6 Å². The quantitative estimate of drug-likeness (QED) is 0.697. The number of hydrogen-bond donors (Lipinski definition) is 1. The monoisotopic (exact) mass is 318 g/mol. The molecule has 0 saturated carbocycles. The van der Waals surface area contributed by atoms with Gasteiger partial charge in [-0.1, -0.05) is 19.9 Å². The van der Waals surface area contributed by atoms with Crippen molar-refractivity contribution >= 4 is 17.3 Å². The molecule has 2 aromatic heterocycles. The van der Waals surface area contributed by atoms with E-state index >= 15 is 0 Å². The number of aromatic nitrogens is 1. The van der Waals surface area contributed by atoms with Gasteiger partial charge in [0.15, 0.2) is 5.96 Å². The Bertz CT molecular complexity index is 645. The zero-order chi connectivity index (χ0) is 15.6. The first-order chi connectivity index (χ1) is 10.6. The number of nitrogens with zero attached hydrogens (tertiary/aromatic N) is 3. The highest BCUT2D eigenvalue weighted by molar-refractivity contribution is 7.13. The van der Waals surface area contributed by atoms with Crippen LogP contribution in [0.15, 0.2) is 33.2 Å². The molecule has 0 bridgehead atoms. The summed E-state index contributed by atoms with van der Waals surface area (Å²) in [5, 5.41) is 5.40. The fourth-order valence-corrected chi connectivity index (χ4v) is 3.35. The minimum absolute atomic E-state index is 0.359. The van der Waals surface area contributed by atoms with Crippen molar-refractivity contribution < 1.29 is 4.42 Å². The Morgan fingerprint density at radius 2 is 2.41 bits per heavy atom. The van der Waals surface area contributed by atoms with Gasteiger partial charge in [0.1, 0.15) is 6.26 Å². The van der Waals surface area contributed by atoms with Crippen molar-refractivity contribution in [3.05, 3.63) is 29.5 Å². The maximum absolute atomic E-state index is 5.54. The van der Waals surface area contributed by atoms with Crippen LogP contribution in [0.1, 0.15) is 26.0 Å². The SMILES string of the molecule is CN=C(NCc1coc(-c2cccs2)n1)N1CCC(C)(C)C1. The molecule has 1 fully saturated rings. The van der Waals surface area contributed by atoms with Gasteiger partial charge in [-0.25, -0.2) is 4.98 Å². The molecule has 6 heteroatoms. The first kappa shape index (κ1) is 15.1. The van der Waals surface area contributed by atoms with Gasteiger partial charge in [0, 0.05) is 20.1 Å². The third-order valence-electron chi connectivity index (χ3n) is 3.90. The van der Waals surface area contributed by atoms with Crippen molar-refractivity contribution in [2.45, 2.75) is 26.8 Å². The van der Waals surface area contributed by atoms with E-state index in [0.29, 0.717) is 17.9 Å². The number of thiophene rings is 1. The van der Waals surface area contributed by atoms with Crippen LogP contribution in [0.5, 0.6) is 0 Å². The van der Waals surface area contributed by atoms with Gasteiger partial charge in [-0.3, -0.25) is 4.99 Å². The molecule has 2 aromatic rings. The number of oxazole rings is 1. The fourth-order valence-electron chi connectivity index (χ4n) is 2.70. The average molecular weight is 318 g/mol. The Kier molecular flexibility index (Phi) is 4.20. The summed E-state index contributed by atoms with van der Waals surface area (Å²) in [7, 11) is 1.83. The lowest BCUT2D eigenvalue weighted by atomic mass is 9.93. The maximum atomic E-state index is 5.54. The standard InChI is InChI=1S/C16H22N4OS/c1-16(2)6-7-20(11-16)15(17-3)18-9-12-10-21-14(19-12)13-5-4-8-22-13/h4-5,8,10H,6-7,9,11H2,1-3H3,(H,17,18). The largest absolute Gasteiger partial charge is 0.443 e. The molecule has 1 aliphatic rings. The first-order valence-corrected chi connectivity index (χ1v) is 8.39. The Labute approximate surface area is 135 Å². The molecular weight excluding hydrogens is 296 g/mol. The van der Waals surface area contributed by atoms with E-state index in [9.17, 15) is 0 Å². The van der Waals surface area contributed by atoms with E-state index in [1.807, 2.05) is 24.6 Å². The molecular formula is C16H22N4OS. The minimum atomic E-state index is 0.359. The molecule has 1 saturated heterocycles. The molecule has 0 atom stereocenters. The summed E-state index contributed by atoms with van der Waals surface area (Å²) in [6, 6.07) is 4.01. The van der Waals surface area contributed by atoms with Crippen molar-refractivity contribution in [2.75, 3.05) is 20.1 Å². The van der Waals surface area contributed by atoms with Crippen LogP contribution in [0.25, 0.3) is 10.8 Å². The van der Waals surface area contributed by atoms with Gasteiger partial charge < -0.3 is 14.6 Å². The lowest BCUT2D eigenvalue weighted by Crippen LogP contribution is -2.40. The van der Waals surface area contributed by atoms with Crippen molar-refractivity contribution in [3.63, 3.8) is 0 Å². The van der Waals surface area contributed by atoms with Gasteiger partial charge in [0.05, 0.1) is 17.1 Å². The molecule has 0 radical (unpaired) electrons. The highest BCUT2D eigenvalue weighted by atomic mass is 32.1. The van der Waals surface area contributed by atoms with Crippen LogP contribution in [0.4, 0.5) is 0 Å². The van der Waals surface area contributed by atoms with Gasteiger partial charge in [-0.2, -0.15) is 0 Å². The van der Waals surface area contributed by atoms with Crippen molar-refractivity contribution in [1.29, 1.82) is 0 Å². The molecule has 22 heavy (non-hydrogen) atoms. The normalized spacial score (nSPS) is 18.0. The molecule has 0 spiro atoms. The van der Waals surface area contributed by atoms with E-state index in [2.05, 4.69) is 34.0 Å². The third-order valence-corrected chi connectivity index (χ3v) is 4.76. The number of guanidine groups is 1. The Hall–Kier alpha value is -1.82. The van der Waals surface area contributed by atoms with Gasteiger partial charge in [0.2, 0.25) is 5.89 Å². The third kappa shape index (κ3) is 3.32.